The molecule has 2 rings (SSSR count). The fourth-order valence-corrected chi connectivity index (χ4v) is 3.09. The smallest absolute Gasteiger partial charge is 0.271 e. The minimum absolute atomic E-state index is 0.0686. The van der Waals surface area contributed by atoms with E-state index in [1.54, 1.807) is 24.3 Å². The fraction of sp³-hybridized carbons (Fsp3) is 0.188. The molecule has 1 N–H and O–H groups in total. The summed E-state index contributed by atoms with van der Waals surface area (Å²) in [7, 11) is -3.68. The van der Waals surface area contributed by atoms with Crippen LogP contribution in [0.2, 0.25) is 5.02 Å². The van der Waals surface area contributed by atoms with Crippen molar-refractivity contribution in [1.29, 1.82) is 0 Å². The lowest BCUT2D eigenvalue weighted by molar-refractivity contribution is -0.384. The van der Waals surface area contributed by atoms with Crippen molar-refractivity contribution in [2.75, 3.05) is 18.1 Å². The van der Waals surface area contributed by atoms with Crippen LogP contribution in [-0.4, -0.2) is 36.4 Å². The number of nitrogens with zero attached hydrogens (tertiary/aromatic N) is 2. The Balaban J connectivity index is 2.13. The molecule has 26 heavy (non-hydrogen) atoms. The fourth-order valence-electron chi connectivity index (χ4n) is 2.16. The van der Waals surface area contributed by atoms with Gasteiger partial charge in [0.05, 0.1) is 17.7 Å². The number of carbonyl (C=O) groups is 1. The summed E-state index contributed by atoms with van der Waals surface area (Å²) in [6.45, 7) is -0.520. The van der Waals surface area contributed by atoms with E-state index in [0.29, 0.717) is 10.6 Å². The van der Waals surface area contributed by atoms with E-state index in [9.17, 15) is 23.3 Å². The van der Waals surface area contributed by atoms with Crippen LogP contribution in [0.25, 0.3) is 0 Å². The second-order valence-electron chi connectivity index (χ2n) is 5.48. The van der Waals surface area contributed by atoms with Gasteiger partial charge in [0.15, 0.2) is 0 Å². The molecule has 138 valence electrons. The van der Waals surface area contributed by atoms with E-state index in [2.05, 4.69) is 5.32 Å². The first kappa shape index (κ1) is 19.8. The van der Waals surface area contributed by atoms with Crippen molar-refractivity contribution in [3.63, 3.8) is 0 Å². The maximum atomic E-state index is 12.2. The van der Waals surface area contributed by atoms with Crippen molar-refractivity contribution in [2.24, 2.45) is 0 Å². The molecule has 0 fully saturated rings. The molecule has 1 amide bonds. The number of non-ortho nitro benzene ring substituents is 1. The van der Waals surface area contributed by atoms with Crippen LogP contribution >= 0.6 is 11.6 Å². The van der Waals surface area contributed by atoms with Crippen LogP contribution < -0.4 is 5.32 Å². The van der Waals surface area contributed by atoms with Crippen LogP contribution in [0.15, 0.2) is 48.5 Å². The average molecular weight is 398 g/mol. The lowest BCUT2D eigenvalue weighted by Crippen LogP contribution is -2.37. The number of hydrogen-bond acceptors (Lipinski definition) is 5. The van der Waals surface area contributed by atoms with Crippen LogP contribution in [0.1, 0.15) is 5.56 Å². The molecule has 0 aliphatic heterocycles. The molecular formula is C16H16ClN3O5S. The summed E-state index contributed by atoms with van der Waals surface area (Å²) < 4.78 is 25.0. The van der Waals surface area contributed by atoms with E-state index in [1.165, 1.54) is 24.3 Å². The Labute approximate surface area is 155 Å². The van der Waals surface area contributed by atoms with Crippen LogP contribution in [0, 0.1) is 10.1 Å². The van der Waals surface area contributed by atoms with Gasteiger partial charge in [-0.3, -0.25) is 14.9 Å². The Kier molecular flexibility index (Phi) is 6.30. The third-order valence-corrected chi connectivity index (χ3v) is 5.00. The molecular weight excluding hydrogens is 382 g/mol. The number of anilines is 1. The predicted octanol–water partition coefficient (Wildman–Crippen LogP) is 2.65. The molecule has 0 heterocycles. The number of nitrogens with one attached hydrogen (secondary N) is 1. The minimum Gasteiger partial charge on any atom is -0.325 e. The van der Waals surface area contributed by atoms with Gasteiger partial charge in [-0.15, -0.1) is 0 Å². The van der Waals surface area contributed by atoms with Gasteiger partial charge in [0.1, 0.15) is 0 Å². The van der Waals surface area contributed by atoms with E-state index >= 15 is 0 Å². The maximum Gasteiger partial charge on any atom is 0.271 e. The maximum absolute atomic E-state index is 12.2. The summed E-state index contributed by atoms with van der Waals surface area (Å²) in [5, 5.41) is 13.6. The Morgan fingerprint density at radius 1 is 1.23 bits per heavy atom. The summed E-state index contributed by atoms with van der Waals surface area (Å²) in [6.07, 6.45) is 0.991. The SMILES string of the molecule is CS(=O)(=O)N(CC(=O)Nc1cccc([N+](=O)[O-])c1)Cc1ccccc1Cl. The first-order valence-corrected chi connectivity index (χ1v) is 9.62. The first-order chi connectivity index (χ1) is 12.2. The number of hydrogen-bond donors (Lipinski definition) is 1. The summed E-state index contributed by atoms with van der Waals surface area (Å²) in [4.78, 5) is 22.4. The Hall–Kier alpha value is -2.49. The molecule has 2 aromatic carbocycles. The summed E-state index contributed by atoms with van der Waals surface area (Å²) in [5.74, 6) is -0.622. The molecule has 0 unspecified atom stereocenters. The van der Waals surface area contributed by atoms with E-state index in [4.69, 9.17) is 11.6 Å². The molecule has 0 spiro atoms. The topological polar surface area (TPSA) is 110 Å². The molecule has 0 aliphatic rings. The van der Waals surface area contributed by atoms with Crippen molar-refractivity contribution >= 4 is 38.9 Å². The van der Waals surface area contributed by atoms with Crippen LogP contribution in [0.5, 0.6) is 0 Å². The molecule has 8 nitrogen and oxygen atoms in total. The molecule has 0 saturated carbocycles. The normalized spacial score (nSPS) is 11.3. The number of nitro groups is 1. The van der Waals surface area contributed by atoms with Crippen LogP contribution in [0.4, 0.5) is 11.4 Å². The van der Waals surface area contributed by atoms with Gasteiger partial charge in [-0.05, 0) is 17.7 Å². The molecule has 0 radical (unpaired) electrons. The number of nitro benzene ring substituents is 1. The van der Waals surface area contributed by atoms with Crippen molar-refractivity contribution in [3.8, 4) is 0 Å². The monoisotopic (exact) mass is 397 g/mol. The zero-order valence-corrected chi connectivity index (χ0v) is 15.3. The first-order valence-electron chi connectivity index (χ1n) is 7.39. The number of carbonyl (C=O) groups excluding carboxylic acids is 1. The van der Waals surface area contributed by atoms with Gasteiger partial charge >= 0.3 is 0 Å². The third kappa shape index (κ3) is 5.51. The Morgan fingerprint density at radius 3 is 2.54 bits per heavy atom. The predicted molar refractivity (Wildman–Crippen MR) is 98.4 cm³/mol. The minimum atomic E-state index is -3.68. The summed E-state index contributed by atoms with van der Waals surface area (Å²) in [6, 6.07) is 12.1. The quantitative estimate of drug-likeness (QED) is 0.570. The standard InChI is InChI=1S/C16H16ClN3O5S/c1-26(24,25)19(10-12-5-2-3-8-15(12)17)11-16(21)18-13-6-4-7-14(9-13)20(22)23/h2-9H,10-11H2,1H3,(H,18,21). The average Bonchev–Trinajstić information content (AvgIpc) is 2.55. The summed E-state index contributed by atoms with van der Waals surface area (Å²) >= 11 is 6.05. The second-order valence-corrected chi connectivity index (χ2v) is 7.87. The molecule has 0 aromatic heterocycles. The molecule has 10 heteroatoms. The van der Waals surface area contributed by atoms with Crippen molar-refractivity contribution in [1.82, 2.24) is 4.31 Å². The number of sulfonamides is 1. The van der Waals surface area contributed by atoms with Gasteiger partial charge in [-0.1, -0.05) is 35.9 Å². The van der Waals surface area contributed by atoms with Crippen LogP contribution in [0.3, 0.4) is 0 Å². The highest BCUT2D eigenvalue weighted by molar-refractivity contribution is 7.88. The zero-order chi connectivity index (χ0) is 19.3. The second kappa shape index (κ2) is 8.26. The van der Waals surface area contributed by atoms with Crippen LogP contribution in [-0.2, 0) is 21.4 Å². The number of amides is 1. The van der Waals surface area contributed by atoms with Crippen molar-refractivity contribution in [2.45, 2.75) is 6.54 Å². The lowest BCUT2D eigenvalue weighted by Gasteiger charge is -2.20. The zero-order valence-electron chi connectivity index (χ0n) is 13.8. The number of benzene rings is 2. The van der Waals surface area contributed by atoms with Crippen molar-refractivity contribution < 1.29 is 18.1 Å². The third-order valence-electron chi connectivity index (χ3n) is 3.43. The molecule has 0 saturated heterocycles. The van der Waals surface area contributed by atoms with Crippen molar-refractivity contribution in [3.05, 3.63) is 69.2 Å². The van der Waals surface area contributed by atoms with Gasteiger partial charge in [-0.25, -0.2) is 8.42 Å². The van der Waals surface area contributed by atoms with Gasteiger partial charge in [0.25, 0.3) is 5.69 Å². The highest BCUT2D eigenvalue weighted by Crippen LogP contribution is 2.19. The lowest BCUT2D eigenvalue weighted by atomic mass is 10.2. The van der Waals surface area contributed by atoms with Gasteiger partial charge in [0.2, 0.25) is 15.9 Å². The molecule has 2 aromatic rings. The highest BCUT2D eigenvalue weighted by atomic mass is 35.5. The number of rotatable bonds is 7. The van der Waals surface area contributed by atoms with E-state index in [-0.39, 0.29) is 17.9 Å². The van der Waals surface area contributed by atoms with Gasteiger partial charge < -0.3 is 5.32 Å². The summed E-state index contributed by atoms with van der Waals surface area (Å²) in [5.41, 5.74) is 0.581. The molecule has 0 atom stereocenters. The number of halogens is 1. The largest absolute Gasteiger partial charge is 0.325 e. The molecule has 0 aliphatic carbocycles. The Morgan fingerprint density at radius 2 is 1.92 bits per heavy atom. The van der Waals surface area contributed by atoms with E-state index in [0.717, 1.165) is 10.6 Å². The highest BCUT2D eigenvalue weighted by Gasteiger charge is 2.21. The van der Waals surface area contributed by atoms with Gasteiger partial charge in [0, 0.05) is 29.4 Å². The van der Waals surface area contributed by atoms with E-state index in [1.807, 2.05) is 0 Å². The Bertz CT molecular complexity index is 933. The molecule has 0 bridgehead atoms. The van der Waals surface area contributed by atoms with E-state index < -0.39 is 27.4 Å². The van der Waals surface area contributed by atoms with Gasteiger partial charge in [-0.2, -0.15) is 4.31 Å².